The first-order valence-electron chi connectivity index (χ1n) is 18.7. The van der Waals surface area contributed by atoms with Crippen LogP contribution >= 0.6 is 15.9 Å². The average Bonchev–Trinajstić information content (AvgIpc) is 3.15. The molecule has 0 aliphatic carbocycles. The van der Waals surface area contributed by atoms with Gasteiger partial charge in [-0.05, 0) is 98.3 Å². The number of aliphatic hydroxyl groups excluding tert-OH is 1. The number of aromatic nitrogens is 1. The van der Waals surface area contributed by atoms with Crippen molar-refractivity contribution in [2.75, 3.05) is 39.3 Å². The van der Waals surface area contributed by atoms with Gasteiger partial charge in [0.1, 0.15) is 11.5 Å². The number of nitrogens with zero attached hydrogens (tertiary/aromatic N) is 2. The highest BCUT2D eigenvalue weighted by Crippen LogP contribution is 2.40. The van der Waals surface area contributed by atoms with Crippen LogP contribution in [0.1, 0.15) is 86.6 Å². The van der Waals surface area contributed by atoms with Crippen molar-refractivity contribution >= 4 is 32.9 Å². The molecule has 4 heterocycles. The lowest BCUT2D eigenvalue weighted by molar-refractivity contribution is -0.000819. The molecule has 0 saturated carbocycles. The van der Waals surface area contributed by atoms with Crippen molar-refractivity contribution in [3.63, 3.8) is 0 Å². The van der Waals surface area contributed by atoms with Crippen molar-refractivity contribution in [2.45, 2.75) is 76.0 Å². The highest BCUT2D eigenvalue weighted by Gasteiger charge is 2.43. The van der Waals surface area contributed by atoms with E-state index >= 15 is 0 Å². The summed E-state index contributed by atoms with van der Waals surface area (Å²) in [5.74, 6) is 1.11. The van der Waals surface area contributed by atoms with E-state index in [2.05, 4.69) is 31.1 Å². The maximum Gasteiger partial charge on any atom is 0.408 e. The molecule has 2 bridgehead atoms. The second kappa shape index (κ2) is 18.2. The molecule has 52 heavy (non-hydrogen) atoms. The van der Waals surface area contributed by atoms with Gasteiger partial charge in [0.25, 0.3) is 0 Å². The maximum absolute atomic E-state index is 13.0. The molecule has 1 aromatic heterocycles. The van der Waals surface area contributed by atoms with E-state index in [0.29, 0.717) is 35.5 Å². The number of piperidine rings is 3. The number of fused-ring (bicyclic) bond motifs is 4. The van der Waals surface area contributed by atoms with Crippen LogP contribution in [0.15, 0.2) is 82.1 Å². The van der Waals surface area contributed by atoms with Crippen molar-refractivity contribution < 1.29 is 24.9 Å². The number of halogens is 1. The standard InChI is InChI=1S/C41H51BrN4O6/c42-31-23-30(40(29-11-7-6-8-12-29)46(41(50)51)35-27-45-20-17-28(35)18-21-45)24-32(25-31)52-22-10-5-3-1-2-4-9-19-43-26-37(48)33-13-15-36(47)39-34(33)14-16-38(49)44-39/h6-8,11-16,23-25,28,35,37,40,43,47-48H,1-5,9-10,17-22,26-27H2,(H,44,49)(H,50,51). The van der Waals surface area contributed by atoms with Crippen LogP contribution in [0.5, 0.6) is 11.5 Å². The third-order valence-corrected chi connectivity index (χ3v) is 11.1. The van der Waals surface area contributed by atoms with Crippen molar-refractivity contribution in [2.24, 2.45) is 5.92 Å². The zero-order chi connectivity index (χ0) is 36.5. The van der Waals surface area contributed by atoms with E-state index < -0.39 is 18.2 Å². The number of unbranched alkanes of at least 4 members (excludes halogenated alkanes) is 6. The molecule has 0 spiro atoms. The van der Waals surface area contributed by atoms with Gasteiger partial charge in [-0.25, -0.2) is 4.79 Å². The molecule has 7 rings (SSSR count). The molecule has 3 fully saturated rings. The lowest BCUT2D eigenvalue weighted by Gasteiger charge is -2.50. The third-order valence-electron chi connectivity index (χ3n) is 10.7. The minimum absolute atomic E-state index is 0.0135. The number of phenolic OH excluding ortho intramolecular Hbond substituents is 1. The van der Waals surface area contributed by atoms with Crippen LogP contribution in [0.4, 0.5) is 4.79 Å². The first-order valence-corrected chi connectivity index (χ1v) is 19.5. The highest BCUT2D eigenvalue weighted by atomic mass is 79.9. The number of benzene rings is 3. The first kappa shape index (κ1) is 37.8. The fourth-order valence-corrected chi connectivity index (χ4v) is 8.48. The Morgan fingerprint density at radius 2 is 1.67 bits per heavy atom. The van der Waals surface area contributed by atoms with Gasteiger partial charge >= 0.3 is 6.09 Å². The summed E-state index contributed by atoms with van der Waals surface area (Å²) in [5.41, 5.74) is 2.58. The molecule has 3 aliphatic rings. The summed E-state index contributed by atoms with van der Waals surface area (Å²) in [6.45, 7) is 4.69. The van der Waals surface area contributed by atoms with E-state index in [1.807, 2.05) is 48.5 Å². The van der Waals surface area contributed by atoms with E-state index in [9.17, 15) is 24.9 Å². The molecule has 10 nitrogen and oxygen atoms in total. The molecular weight excluding hydrogens is 724 g/mol. The van der Waals surface area contributed by atoms with E-state index in [1.54, 1.807) is 17.0 Å². The van der Waals surface area contributed by atoms with Crippen LogP contribution in [0.25, 0.3) is 10.9 Å². The largest absolute Gasteiger partial charge is 0.506 e. The number of rotatable bonds is 18. The smallest absolute Gasteiger partial charge is 0.408 e. The highest BCUT2D eigenvalue weighted by molar-refractivity contribution is 9.10. The van der Waals surface area contributed by atoms with E-state index in [-0.39, 0.29) is 17.4 Å². The molecule has 3 atom stereocenters. The number of H-pyrrole nitrogens is 1. The number of ether oxygens (including phenoxy) is 1. The Hall–Kier alpha value is -3.90. The Bertz CT molecular complexity index is 1830. The van der Waals surface area contributed by atoms with Crippen molar-refractivity contribution in [3.8, 4) is 11.5 Å². The number of aliphatic hydroxyl groups is 1. The number of amides is 1. The van der Waals surface area contributed by atoms with Gasteiger partial charge in [-0.3, -0.25) is 9.69 Å². The molecule has 4 aromatic rings. The van der Waals surface area contributed by atoms with Gasteiger partial charge in [-0.15, -0.1) is 0 Å². The lowest BCUT2D eigenvalue weighted by atomic mass is 9.81. The second-order valence-electron chi connectivity index (χ2n) is 14.3. The molecule has 11 heteroatoms. The Balaban J connectivity index is 0.921. The molecular formula is C41H51BrN4O6. The number of carboxylic acid groups (broad SMARTS) is 1. The third kappa shape index (κ3) is 9.55. The molecule has 3 saturated heterocycles. The number of hydrogen-bond donors (Lipinski definition) is 5. The summed E-state index contributed by atoms with van der Waals surface area (Å²) in [4.78, 5) is 31.4. The zero-order valence-corrected chi connectivity index (χ0v) is 31.3. The van der Waals surface area contributed by atoms with Gasteiger partial charge in [0, 0.05) is 29.0 Å². The van der Waals surface area contributed by atoms with Crippen LogP contribution in [-0.4, -0.2) is 81.6 Å². The number of hydrogen-bond acceptors (Lipinski definition) is 7. The molecule has 3 aromatic carbocycles. The summed E-state index contributed by atoms with van der Waals surface area (Å²) in [7, 11) is 0. The van der Waals surface area contributed by atoms with E-state index in [1.165, 1.54) is 12.1 Å². The van der Waals surface area contributed by atoms with Crippen LogP contribution in [-0.2, 0) is 0 Å². The molecule has 3 unspecified atom stereocenters. The Morgan fingerprint density at radius 1 is 0.942 bits per heavy atom. The van der Waals surface area contributed by atoms with E-state index in [0.717, 1.165) is 105 Å². The van der Waals surface area contributed by atoms with Crippen LogP contribution < -0.4 is 15.6 Å². The number of carbonyl (C=O) groups is 1. The zero-order valence-electron chi connectivity index (χ0n) is 29.7. The van der Waals surface area contributed by atoms with Crippen LogP contribution in [0.2, 0.25) is 0 Å². The monoisotopic (exact) mass is 774 g/mol. The van der Waals surface area contributed by atoms with Crippen LogP contribution in [0, 0.1) is 5.92 Å². The normalized spacial score (nSPS) is 19.4. The molecule has 5 N–H and O–H groups in total. The molecule has 1 amide bonds. The fraction of sp³-hybridized carbons (Fsp3) is 0.463. The summed E-state index contributed by atoms with van der Waals surface area (Å²) in [6, 6.07) is 21.7. The number of phenols is 1. The quantitative estimate of drug-likeness (QED) is 0.0653. The lowest BCUT2D eigenvalue weighted by Crippen LogP contribution is -2.59. The predicted octanol–water partition coefficient (Wildman–Crippen LogP) is 7.59. The van der Waals surface area contributed by atoms with Gasteiger partial charge in [0.2, 0.25) is 5.56 Å². The number of nitrogens with one attached hydrogen (secondary N) is 2. The van der Waals surface area contributed by atoms with Gasteiger partial charge in [-0.1, -0.05) is 84.4 Å². The predicted molar refractivity (Wildman–Crippen MR) is 207 cm³/mol. The number of aromatic hydroxyl groups is 1. The van der Waals surface area contributed by atoms with E-state index in [4.69, 9.17) is 4.74 Å². The summed E-state index contributed by atoms with van der Waals surface area (Å²) in [5, 5.41) is 35.4. The Labute approximate surface area is 313 Å². The second-order valence-corrected chi connectivity index (χ2v) is 15.2. The average molecular weight is 776 g/mol. The Kier molecular flexibility index (Phi) is 13.3. The van der Waals surface area contributed by atoms with Crippen molar-refractivity contribution in [1.82, 2.24) is 20.1 Å². The molecule has 3 aliphatic heterocycles. The first-order chi connectivity index (χ1) is 25.3. The summed E-state index contributed by atoms with van der Waals surface area (Å²) < 4.78 is 7.12. The minimum Gasteiger partial charge on any atom is -0.506 e. The van der Waals surface area contributed by atoms with Crippen molar-refractivity contribution in [1.29, 1.82) is 0 Å². The summed E-state index contributed by atoms with van der Waals surface area (Å²) in [6.07, 6.45) is 8.05. The SMILES string of the molecule is O=C(O)N(C(c1ccccc1)c1cc(Br)cc(OCCCCCCCCCNCC(O)c2ccc(O)c3[nH]c(=O)ccc23)c1)C1CN2CCC1CC2. The summed E-state index contributed by atoms with van der Waals surface area (Å²) >= 11 is 3.68. The number of pyridine rings is 1. The van der Waals surface area contributed by atoms with Gasteiger partial charge < -0.3 is 35.3 Å². The fourth-order valence-electron chi connectivity index (χ4n) is 7.99. The van der Waals surface area contributed by atoms with Crippen molar-refractivity contribution in [3.05, 3.63) is 104 Å². The van der Waals surface area contributed by atoms with Gasteiger partial charge in [0.05, 0.1) is 30.3 Å². The number of aromatic amines is 1. The maximum atomic E-state index is 13.0. The van der Waals surface area contributed by atoms with Crippen LogP contribution in [0.3, 0.4) is 0 Å². The molecule has 278 valence electrons. The Morgan fingerprint density at radius 3 is 2.38 bits per heavy atom. The minimum atomic E-state index is -0.884. The topological polar surface area (TPSA) is 138 Å². The molecule has 0 radical (unpaired) electrons. The van der Waals surface area contributed by atoms with Gasteiger partial charge in [-0.2, -0.15) is 0 Å². The van der Waals surface area contributed by atoms with Gasteiger partial charge in [0.15, 0.2) is 0 Å².